The number of benzene rings is 1. The van der Waals surface area contributed by atoms with E-state index in [1.54, 1.807) is 19.4 Å². The Morgan fingerprint density at radius 1 is 1.29 bits per heavy atom. The average Bonchev–Trinajstić information content (AvgIpc) is 3.04. The third kappa shape index (κ3) is 3.67. The number of hydrogen-bond acceptors (Lipinski definition) is 5. The van der Waals surface area contributed by atoms with Gasteiger partial charge in [-0.1, -0.05) is 35.3 Å². The molecule has 2 aromatic heterocycles. The van der Waals surface area contributed by atoms with Crippen molar-refractivity contribution >= 4 is 16.8 Å². The molecule has 0 bridgehead atoms. The second kappa shape index (κ2) is 7.24. The number of para-hydroxylation sites is 1. The Hall–Kier alpha value is -3.40. The van der Waals surface area contributed by atoms with Gasteiger partial charge in [0.15, 0.2) is 5.69 Å². The van der Waals surface area contributed by atoms with E-state index in [2.05, 4.69) is 32.5 Å². The highest BCUT2D eigenvalue weighted by molar-refractivity contribution is 5.92. The molecule has 0 aliphatic rings. The Balaban J connectivity index is 1.50. The minimum Gasteiger partial charge on any atom is -0.479 e. The van der Waals surface area contributed by atoms with Gasteiger partial charge in [-0.05, 0) is 12.1 Å². The normalized spacial score (nSPS) is 10.0. The van der Waals surface area contributed by atoms with Gasteiger partial charge in [-0.2, -0.15) is 0 Å². The largest absolute Gasteiger partial charge is 0.479 e. The maximum atomic E-state index is 11.7. The van der Waals surface area contributed by atoms with Gasteiger partial charge in [-0.15, -0.1) is 5.10 Å². The van der Waals surface area contributed by atoms with E-state index in [-0.39, 0.29) is 24.8 Å². The summed E-state index contributed by atoms with van der Waals surface area (Å²) in [7, 11) is 1.70. The lowest BCUT2D eigenvalue weighted by atomic mass is 10.2. The van der Waals surface area contributed by atoms with Crippen LogP contribution in [-0.4, -0.2) is 39.0 Å². The van der Waals surface area contributed by atoms with Crippen molar-refractivity contribution < 1.29 is 9.53 Å². The van der Waals surface area contributed by atoms with E-state index in [0.29, 0.717) is 5.75 Å². The van der Waals surface area contributed by atoms with Crippen molar-refractivity contribution in [3.63, 3.8) is 0 Å². The maximum Gasteiger partial charge on any atom is 0.274 e. The molecule has 24 heavy (non-hydrogen) atoms. The van der Waals surface area contributed by atoms with E-state index in [4.69, 9.17) is 4.74 Å². The molecule has 2 heterocycles. The number of aryl methyl sites for hydroxylation is 1. The summed E-state index contributed by atoms with van der Waals surface area (Å²) in [5, 5.41) is 11.1. The number of carbonyl (C=O) groups is 1. The van der Waals surface area contributed by atoms with Crippen molar-refractivity contribution in [1.82, 2.24) is 25.3 Å². The highest BCUT2D eigenvalue weighted by Crippen LogP contribution is 2.22. The van der Waals surface area contributed by atoms with Crippen LogP contribution in [0.3, 0.4) is 0 Å². The second-order valence-corrected chi connectivity index (χ2v) is 4.93. The molecule has 0 radical (unpaired) electrons. The lowest BCUT2D eigenvalue weighted by molar-refractivity contribution is 0.0953. The number of rotatable bonds is 4. The van der Waals surface area contributed by atoms with Gasteiger partial charge >= 0.3 is 0 Å². The Bertz CT molecular complexity index is 918. The minimum atomic E-state index is -0.309. The molecule has 1 N–H and O–H groups in total. The van der Waals surface area contributed by atoms with Crippen LogP contribution in [-0.2, 0) is 7.05 Å². The van der Waals surface area contributed by atoms with Crippen LogP contribution in [0, 0.1) is 11.8 Å². The number of nitrogens with one attached hydrogen (secondary N) is 1. The lowest BCUT2D eigenvalue weighted by Crippen LogP contribution is -2.24. The Morgan fingerprint density at radius 2 is 2.17 bits per heavy atom. The average molecular weight is 321 g/mol. The zero-order valence-corrected chi connectivity index (χ0v) is 13.1. The summed E-state index contributed by atoms with van der Waals surface area (Å²) in [6.07, 6.45) is 3.27. The summed E-state index contributed by atoms with van der Waals surface area (Å²) in [6.45, 7) is 0.434. The SMILES string of the molecule is Cn1cc(C(=O)NCC#CCOc2cccc3cccnc23)nn1. The number of amides is 1. The zero-order chi connectivity index (χ0) is 16.8. The molecule has 0 saturated carbocycles. The fourth-order valence-corrected chi connectivity index (χ4v) is 2.09. The van der Waals surface area contributed by atoms with Gasteiger partial charge in [0.1, 0.15) is 17.9 Å². The van der Waals surface area contributed by atoms with Gasteiger partial charge in [-0.25, -0.2) is 0 Å². The summed E-state index contributed by atoms with van der Waals surface area (Å²) in [4.78, 5) is 16.0. The third-order valence-corrected chi connectivity index (χ3v) is 3.19. The highest BCUT2D eigenvalue weighted by atomic mass is 16.5. The van der Waals surface area contributed by atoms with Gasteiger partial charge in [0.25, 0.3) is 5.91 Å². The first-order chi connectivity index (χ1) is 11.7. The quantitative estimate of drug-likeness (QED) is 0.730. The van der Waals surface area contributed by atoms with Gasteiger partial charge in [0.05, 0.1) is 12.7 Å². The number of pyridine rings is 1. The van der Waals surface area contributed by atoms with Crippen LogP contribution in [0.25, 0.3) is 10.9 Å². The number of ether oxygens (including phenoxy) is 1. The van der Waals surface area contributed by atoms with Gasteiger partial charge in [0.2, 0.25) is 0 Å². The second-order valence-electron chi connectivity index (χ2n) is 4.93. The zero-order valence-electron chi connectivity index (χ0n) is 13.1. The Labute approximate surface area is 138 Å². The predicted octanol–water partition coefficient (Wildman–Crippen LogP) is 1.18. The Morgan fingerprint density at radius 3 is 3.00 bits per heavy atom. The maximum absolute atomic E-state index is 11.7. The van der Waals surface area contributed by atoms with Crippen LogP contribution in [0.15, 0.2) is 42.7 Å². The molecule has 0 aliphatic carbocycles. The van der Waals surface area contributed by atoms with Crippen LogP contribution in [0.1, 0.15) is 10.5 Å². The summed E-state index contributed by atoms with van der Waals surface area (Å²) < 4.78 is 7.10. The van der Waals surface area contributed by atoms with Crippen molar-refractivity contribution in [1.29, 1.82) is 0 Å². The standard InChI is InChI=1S/C17H15N5O2/c1-22-12-14(20-21-22)17(23)19-9-2-3-11-24-15-8-4-6-13-7-5-10-18-16(13)15/h4-8,10,12H,9,11H2,1H3,(H,19,23). The molecule has 0 spiro atoms. The van der Waals surface area contributed by atoms with Gasteiger partial charge in [0, 0.05) is 18.6 Å². The van der Waals surface area contributed by atoms with Crippen molar-refractivity contribution in [3.8, 4) is 17.6 Å². The first-order valence-corrected chi connectivity index (χ1v) is 7.31. The smallest absolute Gasteiger partial charge is 0.274 e. The topological polar surface area (TPSA) is 81.9 Å². The third-order valence-electron chi connectivity index (χ3n) is 3.19. The molecule has 0 saturated heterocycles. The van der Waals surface area contributed by atoms with Gasteiger partial charge in [-0.3, -0.25) is 14.5 Å². The lowest BCUT2D eigenvalue weighted by Gasteiger charge is -2.05. The van der Waals surface area contributed by atoms with Crippen molar-refractivity contribution in [2.45, 2.75) is 0 Å². The molecule has 0 aliphatic heterocycles. The minimum absolute atomic E-state index is 0.215. The molecule has 3 rings (SSSR count). The monoisotopic (exact) mass is 321 g/mol. The molecule has 1 aromatic carbocycles. The fourth-order valence-electron chi connectivity index (χ4n) is 2.09. The number of nitrogens with zero attached hydrogens (tertiary/aromatic N) is 4. The van der Waals surface area contributed by atoms with Crippen LogP contribution in [0.4, 0.5) is 0 Å². The molecular formula is C17H15N5O2. The molecule has 120 valence electrons. The van der Waals surface area contributed by atoms with E-state index in [1.807, 2.05) is 30.3 Å². The van der Waals surface area contributed by atoms with Gasteiger partial charge < -0.3 is 10.1 Å². The predicted molar refractivity (Wildman–Crippen MR) is 88.4 cm³/mol. The van der Waals surface area contributed by atoms with E-state index >= 15 is 0 Å². The van der Waals surface area contributed by atoms with E-state index in [9.17, 15) is 4.79 Å². The Kier molecular flexibility index (Phi) is 4.68. The molecular weight excluding hydrogens is 306 g/mol. The molecule has 3 aromatic rings. The van der Waals surface area contributed by atoms with Crippen LogP contribution >= 0.6 is 0 Å². The first kappa shape index (κ1) is 15.5. The van der Waals surface area contributed by atoms with E-state index < -0.39 is 0 Å². The molecule has 7 nitrogen and oxygen atoms in total. The summed E-state index contributed by atoms with van der Waals surface area (Å²) in [5.41, 5.74) is 1.06. The van der Waals surface area contributed by atoms with Crippen LogP contribution in [0.5, 0.6) is 5.75 Å². The molecule has 0 unspecified atom stereocenters. The number of hydrogen-bond donors (Lipinski definition) is 1. The molecule has 1 amide bonds. The number of aromatic nitrogens is 4. The van der Waals surface area contributed by atoms with Crippen molar-refractivity contribution in [3.05, 3.63) is 48.4 Å². The summed E-state index contributed by atoms with van der Waals surface area (Å²) in [5.74, 6) is 6.06. The fraction of sp³-hybridized carbons (Fsp3) is 0.176. The van der Waals surface area contributed by atoms with Crippen molar-refractivity contribution in [2.75, 3.05) is 13.2 Å². The van der Waals surface area contributed by atoms with E-state index in [0.717, 1.165) is 10.9 Å². The summed E-state index contributed by atoms with van der Waals surface area (Å²) in [6, 6.07) is 9.60. The van der Waals surface area contributed by atoms with Crippen LogP contribution in [0.2, 0.25) is 0 Å². The molecule has 0 atom stereocenters. The highest BCUT2D eigenvalue weighted by Gasteiger charge is 2.07. The van der Waals surface area contributed by atoms with E-state index in [1.165, 1.54) is 4.68 Å². The summed E-state index contributed by atoms with van der Waals surface area (Å²) >= 11 is 0. The first-order valence-electron chi connectivity index (χ1n) is 7.31. The van der Waals surface area contributed by atoms with Crippen LogP contribution < -0.4 is 10.1 Å². The number of fused-ring (bicyclic) bond motifs is 1. The van der Waals surface area contributed by atoms with Crippen molar-refractivity contribution in [2.24, 2.45) is 7.05 Å². The molecule has 7 heteroatoms. The number of carbonyl (C=O) groups excluding carboxylic acids is 1. The molecule has 0 fully saturated rings.